The van der Waals surface area contributed by atoms with Crippen molar-refractivity contribution in [3.63, 3.8) is 0 Å². The van der Waals surface area contributed by atoms with E-state index in [-0.39, 0.29) is 18.6 Å². The van der Waals surface area contributed by atoms with Gasteiger partial charge in [0.2, 0.25) is 0 Å². The Balaban J connectivity index is 1.71. The molecule has 1 N–H and O–H groups in total. The molecule has 0 heterocycles. The van der Waals surface area contributed by atoms with Crippen LogP contribution < -0.4 is 14.8 Å². The maximum Gasteiger partial charge on any atom is 0.258 e. The zero-order valence-electron chi connectivity index (χ0n) is 13.6. The number of ether oxygens (including phenoxy) is 2. The Morgan fingerprint density at radius 3 is 2.57 bits per heavy atom. The third-order valence-corrected chi connectivity index (χ3v) is 3.53. The van der Waals surface area contributed by atoms with E-state index in [1.807, 2.05) is 37.3 Å². The summed E-state index contributed by atoms with van der Waals surface area (Å²) in [6.07, 6.45) is 1.84. The number of nitrogens with one attached hydrogen (secondary N) is 1. The molecule has 4 heteroatoms. The number of aryl methyl sites for hydroxylation is 1. The Kier molecular flexibility index (Phi) is 6.48. The van der Waals surface area contributed by atoms with Gasteiger partial charge in [-0.3, -0.25) is 4.79 Å². The third kappa shape index (κ3) is 6.02. The molecule has 0 aromatic heterocycles. The molecule has 0 saturated heterocycles. The van der Waals surface area contributed by atoms with E-state index < -0.39 is 0 Å². The van der Waals surface area contributed by atoms with Gasteiger partial charge in [0.05, 0.1) is 7.11 Å². The molecule has 122 valence electrons. The summed E-state index contributed by atoms with van der Waals surface area (Å²) in [7, 11) is 1.60. The number of hydrogen-bond acceptors (Lipinski definition) is 3. The standard InChI is InChI=1S/C19H23NO3/c1-15(11-12-16-7-4-3-5-8-16)20-19(21)14-23-18-10-6-9-17(13-18)22-2/h3-10,13,15H,11-12,14H2,1-2H3,(H,20,21). The number of hydrogen-bond donors (Lipinski definition) is 1. The van der Waals surface area contributed by atoms with E-state index in [1.54, 1.807) is 19.2 Å². The Morgan fingerprint density at radius 2 is 1.83 bits per heavy atom. The zero-order valence-corrected chi connectivity index (χ0v) is 13.6. The fourth-order valence-corrected chi connectivity index (χ4v) is 2.26. The Bertz CT molecular complexity index is 613. The highest BCUT2D eigenvalue weighted by atomic mass is 16.5. The molecule has 4 nitrogen and oxygen atoms in total. The van der Waals surface area contributed by atoms with Gasteiger partial charge in [-0.15, -0.1) is 0 Å². The molecule has 1 amide bonds. The minimum Gasteiger partial charge on any atom is -0.497 e. The van der Waals surface area contributed by atoms with E-state index in [0.717, 1.165) is 12.8 Å². The Labute approximate surface area is 137 Å². The van der Waals surface area contributed by atoms with Crippen molar-refractivity contribution < 1.29 is 14.3 Å². The van der Waals surface area contributed by atoms with Crippen LogP contribution in [0.15, 0.2) is 54.6 Å². The van der Waals surface area contributed by atoms with Crippen LogP contribution in [-0.2, 0) is 11.2 Å². The van der Waals surface area contributed by atoms with Crippen molar-refractivity contribution >= 4 is 5.91 Å². The SMILES string of the molecule is COc1cccc(OCC(=O)NC(C)CCc2ccccc2)c1. The van der Waals surface area contributed by atoms with Crippen LogP contribution in [0.3, 0.4) is 0 Å². The molecule has 0 radical (unpaired) electrons. The van der Waals surface area contributed by atoms with Crippen LogP contribution in [-0.4, -0.2) is 25.7 Å². The second-order valence-corrected chi connectivity index (χ2v) is 5.46. The summed E-state index contributed by atoms with van der Waals surface area (Å²) < 4.78 is 10.6. The molecule has 0 bridgehead atoms. The van der Waals surface area contributed by atoms with Crippen molar-refractivity contribution in [3.05, 3.63) is 60.2 Å². The summed E-state index contributed by atoms with van der Waals surface area (Å²) in [6.45, 7) is 2.01. The summed E-state index contributed by atoms with van der Waals surface area (Å²) in [5, 5.41) is 2.95. The van der Waals surface area contributed by atoms with Gasteiger partial charge in [0.1, 0.15) is 11.5 Å². The average Bonchev–Trinajstić information content (AvgIpc) is 2.59. The zero-order chi connectivity index (χ0) is 16.5. The maximum absolute atomic E-state index is 11.9. The molecule has 2 rings (SSSR count). The topological polar surface area (TPSA) is 47.6 Å². The molecular formula is C19H23NO3. The number of carbonyl (C=O) groups excluding carboxylic acids is 1. The summed E-state index contributed by atoms with van der Waals surface area (Å²) in [4.78, 5) is 11.9. The minimum absolute atomic E-state index is 0.00282. The fourth-order valence-electron chi connectivity index (χ4n) is 2.26. The average molecular weight is 313 g/mol. The van der Waals surface area contributed by atoms with Gasteiger partial charge in [-0.25, -0.2) is 0 Å². The van der Waals surface area contributed by atoms with Gasteiger partial charge in [-0.2, -0.15) is 0 Å². The molecule has 0 aliphatic heterocycles. The van der Waals surface area contributed by atoms with Gasteiger partial charge in [-0.1, -0.05) is 36.4 Å². The van der Waals surface area contributed by atoms with Gasteiger partial charge in [-0.05, 0) is 37.5 Å². The third-order valence-electron chi connectivity index (χ3n) is 3.53. The number of carbonyl (C=O) groups is 1. The fraction of sp³-hybridized carbons (Fsp3) is 0.316. The maximum atomic E-state index is 11.9. The van der Waals surface area contributed by atoms with Crippen LogP contribution >= 0.6 is 0 Å². The normalized spacial score (nSPS) is 11.6. The number of benzene rings is 2. The highest BCUT2D eigenvalue weighted by Crippen LogP contribution is 2.18. The highest BCUT2D eigenvalue weighted by Gasteiger charge is 2.08. The lowest BCUT2D eigenvalue weighted by molar-refractivity contribution is -0.123. The van der Waals surface area contributed by atoms with Gasteiger partial charge in [0, 0.05) is 12.1 Å². The van der Waals surface area contributed by atoms with Crippen LogP contribution in [0.25, 0.3) is 0 Å². The molecule has 0 aliphatic carbocycles. The van der Waals surface area contributed by atoms with Crippen molar-refractivity contribution in [1.29, 1.82) is 0 Å². The summed E-state index contributed by atoms with van der Waals surface area (Å²) in [5.74, 6) is 1.21. The Morgan fingerprint density at radius 1 is 1.09 bits per heavy atom. The van der Waals surface area contributed by atoms with Gasteiger partial charge < -0.3 is 14.8 Å². The molecule has 0 spiro atoms. The highest BCUT2D eigenvalue weighted by molar-refractivity contribution is 5.77. The van der Waals surface area contributed by atoms with E-state index in [9.17, 15) is 4.79 Å². The second kappa shape index (κ2) is 8.83. The van der Waals surface area contributed by atoms with Crippen molar-refractivity contribution in [1.82, 2.24) is 5.32 Å². The Hall–Kier alpha value is -2.49. The number of amides is 1. The lowest BCUT2D eigenvalue weighted by Gasteiger charge is -2.14. The van der Waals surface area contributed by atoms with Crippen LogP contribution in [0.5, 0.6) is 11.5 Å². The lowest BCUT2D eigenvalue weighted by Crippen LogP contribution is -2.36. The van der Waals surface area contributed by atoms with Crippen molar-refractivity contribution in [2.45, 2.75) is 25.8 Å². The van der Waals surface area contributed by atoms with Gasteiger partial charge >= 0.3 is 0 Å². The molecule has 0 aliphatic rings. The lowest BCUT2D eigenvalue weighted by atomic mass is 10.1. The quantitative estimate of drug-likeness (QED) is 0.814. The predicted octanol–water partition coefficient (Wildman–Crippen LogP) is 3.21. The summed E-state index contributed by atoms with van der Waals surface area (Å²) >= 11 is 0. The van der Waals surface area contributed by atoms with E-state index in [0.29, 0.717) is 11.5 Å². The first kappa shape index (κ1) is 16.9. The van der Waals surface area contributed by atoms with E-state index in [2.05, 4.69) is 17.4 Å². The molecule has 0 fully saturated rings. The molecular weight excluding hydrogens is 290 g/mol. The molecule has 23 heavy (non-hydrogen) atoms. The number of rotatable bonds is 8. The molecule has 2 aromatic rings. The van der Waals surface area contributed by atoms with Crippen molar-refractivity contribution in [3.8, 4) is 11.5 Å². The summed E-state index contributed by atoms with van der Waals surface area (Å²) in [6, 6.07) is 17.6. The van der Waals surface area contributed by atoms with E-state index in [4.69, 9.17) is 9.47 Å². The second-order valence-electron chi connectivity index (χ2n) is 5.46. The molecule has 1 atom stereocenters. The van der Waals surface area contributed by atoms with Crippen LogP contribution in [0, 0.1) is 0 Å². The monoisotopic (exact) mass is 313 g/mol. The summed E-state index contributed by atoms with van der Waals surface area (Å²) in [5.41, 5.74) is 1.28. The first-order valence-corrected chi connectivity index (χ1v) is 7.77. The smallest absolute Gasteiger partial charge is 0.258 e. The van der Waals surface area contributed by atoms with Crippen molar-refractivity contribution in [2.75, 3.05) is 13.7 Å². The molecule has 0 saturated carbocycles. The first-order valence-electron chi connectivity index (χ1n) is 7.77. The predicted molar refractivity (Wildman–Crippen MR) is 90.9 cm³/mol. The van der Waals surface area contributed by atoms with E-state index >= 15 is 0 Å². The van der Waals surface area contributed by atoms with Crippen LogP contribution in [0.1, 0.15) is 18.9 Å². The largest absolute Gasteiger partial charge is 0.497 e. The van der Waals surface area contributed by atoms with Gasteiger partial charge in [0.25, 0.3) is 5.91 Å². The van der Waals surface area contributed by atoms with Crippen LogP contribution in [0.2, 0.25) is 0 Å². The molecule has 2 aromatic carbocycles. The van der Waals surface area contributed by atoms with E-state index in [1.165, 1.54) is 5.56 Å². The molecule has 1 unspecified atom stereocenters. The van der Waals surface area contributed by atoms with Gasteiger partial charge in [0.15, 0.2) is 6.61 Å². The van der Waals surface area contributed by atoms with Crippen molar-refractivity contribution in [2.24, 2.45) is 0 Å². The van der Waals surface area contributed by atoms with Crippen LogP contribution in [0.4, 0.5) is 0 Å². The minimum atomic E-state index is -0.117. The first-order chi connectivity index (χ1) is 11.2. The number of methoxy groups -OCH3 is 1.